The van der Waals surface area contributed by atoms with Gasteiger partial charge in [0, 0.05) is 26.7 Å². The Balaban J connectivity index is 0.00000242. The molecule has 22 heavy (non-hydrogen) atoms. The number of piperidine rings is 1. The Morgan fingerprint density at radius 3 is 2.50 bits per heavy atom. The van der Waals surface area contributed by atoms with Gasteiger partial charge in [0.25, 0.3) is 0 Å². The number of hydrogen-bond acceptors (Lipinski definition) is 1. The van der Waals surface area contributed by atoms with Crippen molar-refractivity contribution in [1.82, 2.24) is 10.2 Å². The van der Waals surface area contributed by atoms with Crippen molar-refractivity contribution in [3.05, 3.63) is 35.6 Å². The quantitative estimate of drug-likeness (QED) is 0.461. The predicted molar refractivity (Wildman–Crippen MR) is 101 cm³/mol. The van der Waals surface area contributed by atoms with Crippen LogP contribution in [0.3, 0.4) is 0 Å². The molecule has 0 spiro atoms. The molecule has 124 valence electrons. The fourth-order valence-electron chi connectivity index (χ4n) is 3.18. The van der Waals surface area contributed by atoms with Crippen molar-refractivity contribution in [1.29, 1.82) is 0 Å². The van der Waals surface area contributed by atoms with Gasteiger partial charge in [-0.15, -0.1) is 24.0 Å². The van der Waals surface area contributed by atoms with Crippen molar-refractivity contribution in [3.8, 4) is 0 Å². The number of rotatable bonds is 3. The summed E-state index contributed by atoms with van der Waals surface area (Å²) in [4.78, 5) is 6.69. The van der Waals surface area contributed by atoms with Crippen LogP contribution in [-0.2, 0) is 6.42 Å². The third kappa shape index (κ3) is 5.41. The summed E-state index contributed by atoms with van der Waals surface area (Å²) < 4.78 is 13.6. The van der Waals surface area contributed by atoms with Crippen molar-refractivity contribution < 1.29 is 4.39 Å². The third-order valence-electron chi connectivity index (χ3n) is 4.02. The summed E-state index contributed by atoms with van der Waals surface area (Å²) in [6.45, 7) is 7.37. The van der Waals surface area contributed by atoms with Gasteiger partial charge < -0.3 is 10.2 Å². The van der Waals surface area contributed by atoms with Crippen molar-refractivity contribution in [3.63, 3.8) is 0 Å². The number of nitrogens with zero attached hydrogens (tertiary/aromatic N) is 2. The molecule has 2 atom stereocenters. The van der Waals surface area contributed by atoms with Crippen LogP contribution in [0.15, 0.2) is 29.3 Å². The summed E-state index contributed by atoms with van der Waals surface area (Å²) in [7, 11) is 1.81. The number of nitrogens with one attached hydrogen (secondary N) is 1. The standard InChI is InChI=1S/C17H26FN3.HI/c1-13-10-14(2)12-21(11-13)17(19-3)20-9-8-15-6-4-5-7-16(15)18;/h4-7,13-14H,8-12H2,1-3H3,(H,19,20);1H. The lowest BCUT2D eigenvalue weighted by atomic mass is 9.92. The van der Waals surface area contributed by atoms with Gasteiger partial charge in [-0.25, -0.2) is 4.39 Å². The molecule has 1 aliphatic rings. The molecule has 0 saturated carbocycles. The maximum Gasteiger partial charge on any atom is 0.193 e. The second-order valence-electron chi connectivity index (χ2n) is 6.17. The molecule has 1 aliphatic heterocycles. The van der Waals surface area contributed by atoms with E-state index in [2.05, 4.69) is 29.1 Å². The molecule has 2 unspecified atom stereocenters. The van der Waals surface area contributed by atoms with E-state index in [0.717, 1.165) is 24.6 Å². The molecule has 0 amide bonds. The molecule has 0 radical (unpaired) electrons. The Kier molecular flexibility index (Phi) is 8.14. The summed E-state index contributed by atoms with van der Waals surface area (Å²) in [5, 5.41) is 3.37. The Bertz CT molecular complexity index is 483. The molecule has 0 bridgehead atoms. The average molecular weight is 419 g/mol. The zero-order chi connectivity index (χ0) is 15.2. The van der Waals surface area contributed by atoms with Crippen molar-refractivity contribution >= 4 is 29.9 Å². The highest BCUT2D eigenvalue weighted by molar-refractivity contribution is 14.0. The van der Waals surface area contributed by atoms with Crippen LogP contribution in [0.4, 0.5) is 4.39 Å². The molecule has 1 aromatic rings. The number of guanidine groups is 1. The monoisotopic (exact) mass is 419 g/mol. The van der Waals surface area contributed by atoms with Crippen LogP contribution in [0.25, 0.3) is 0 Å². The Morgan fingerprint density at radius 2 is 1.91 bits per heavy atom. The lowest BCUT2D eigenvalue weighted by molar-refractivity contribution is 0.208. The van der Waals surface area contributed by atoms with Crippen molar-refractivity contribution in [2.45, 2.75) is 26.7 Å². The minimum atomic E-state index is -0.130. The molecule has 1 aromatic carbocycles. The van der Waals surface area contributed by atoms with Gasteiger partial charge in [-0.3, -0.25) is 4.99 Å². The van der Waals surface area contributed by atoms with E-state index in [1.165, 1.54) is 12.5 Å². The first kappa shape index (κ1) is 19.2. The lowest BCUT2D eigenvalue weighted by Crippen LogP contribution is -2.48. The first-order valence-electron chi connectivity index (χ1n) is 7.79. The molecule has 2 rings (SSSR count). The van der Waals surface area contributed by atoms with Gasteiger partial charge in [0.1, 0.15) is 5.82 Å². The van der Waals surface area contributed by atoms with Gasteiger partial charge in [0.05, 0.1) is 0 Å². The Labute approximate surface area is 150 Å². The van der Waals surface area contributed by atoms with E-state index in [0.29, 0.717) is 24.8 Å². The number of hydrogen-bond donors (Lipinski definition) is 1. The van der Waals surface area contributed by atoms with E-state index in [1.54, 1.807) is 6.07 Å². The molecular weight excluding hydrogens is 392 g/mol. The van der Waals surface area contributed by atoms with Crippen LogP contribution in [0, 0.1) is 17.7 Å². The second-order valence-corrected chi connectivity index (χ2v) is 6.17. The highest BCUT2D eigenvalue weighted by Crippen LogP contribution is 2.20. The first-order chi connectivity index (χ1) is 10.1. The van der Waals surface area contributed by atoms with Gasteiger partial charge in [-0.05, 0) is 36.3 Å². The van der Waals surface area contributed by atoms with Crippen LogP contribution in [0.1, 0.15) is 25.8 Å². The van der Waals surface area contributed by atoms with Crippen molar-refractivity contribution in [2.75, 3.05) is 26.7 Å². The fourth-order valence-corrected chi connectivity index (χ4v) is 3.18. The minimum absolute atomic E-state index is 0. The van der Waals surface area contributed by atoms with Crippen LogP contribution >= 0.6 is 24.0 Å². The smallest absolute Gasteiger partial charge is 0.193 e. The molecule has 1 saturated heterocycles. The van der Waals surface area contributed by atoms with Gasteiger partial charge in [0.15, 0.2) is 5.96 Å². The number of aliphatic imine (C=N–C) groups is 1. The first-order valence-corrected chi connectivity index (χ1v) is 7.79. The van der Waals surface area contributed by atoms with E-state index in [9.17, 15) is 4.39 Å². The van der Waals surface area contributed by atoms with Crippen molar-refractivity contribution in [2.24, 2.45) is 16.8 Å². The number of likely N-dealkylation sites (tertiary alicyclic amines) is 1. The summed E-state index contributed by atoms with van der Waals surface area (Å²) in [5.74, 6) is 2.19. The zero-order valence-electron chi connectivity index (χ0n) is 13.7. The van der Waals surface area contributed by atoms with E-state index < -0.39 is 0 Å². The van der Waals surface area contributed by atoms with E-state index in [1.807, 2.05) is 19.2 Å². The highest BCUT2D eigenvalue weighted by Gasteiger charge is 2.23. The molecular formula is C17H27FIN3. The predicted octanol–water partition coefficient (Wildman–Crippen LogP) is 3.54. The van der Waals surface area contributed by atoms with Crippen LogP contribution in [-0.4, -0.2) is 37.5 Å². The fraction of sp³-hybridized carbons (Fsp3) is 0.588. The average Bonchev–Trinajstić information content (AvgIpc) is 2.44. The SMILES string of the molecule is CN=C(NCCc1ccccc1F)N1CC(C)CC(C)C1.I. The van der Waals surface area contributed by atoms with Crippen LogP contribution in [0.5, 0.6) is 0 Å². The molecule has 1 heterocycles. The zero-order valence-corrected chi connectivity index (χ0v) is 16.0. The lowest BCUT2D eigenvalue weighted by Gasteiger charge is -2.37. The molecule has 1 fully saturated rings. The van der Waals surface area contributed by atoms with Gasteiger partial charge >= 0.3 is 0 Å². The van der Waals surface area contributed by atoms with Gasteiger partial charge in [-0.1, -0.05) is 32.0 Å². The Hall–Kier alpha value is -0.850. The normalized spacial score (nSPS) is 22.2. The molecule has 0 aromatic heterocycles. The summed E-state index contributed by atoms with van der Waals surface area (Å²) in [6, 6.07) is 6.95. The van der Waals surface area contributed by atoms with E-state index >= 15 is 0 Å². The molecule has 0 aliphatic carbocycles. The van der Waals surface area contributed by atoms with E-state index in [-0.39, 0.29) is 29.8 Å². The van der Waals surface area contributed by atoms with Gasteiger partial charge in [0.2, 0.25) is 0 Å². The molecule has 5 heteroatoms. The maximum atomic E-state index is 13.6. The third-order valence-corrected chi connectivity index (χ3v) is 4.02. The topological polar surface area (TPSA) is 27.6 Å². The summed E-state index contributed by atoms with van der Waals surface area (Å²) >= 11 is 0. The molecule has 3 nitrogen and oxygen atoms in total. The number of benzene rings is 1. The number of halogens is 2. The van der Waals surface area contributed by atoms with Gasteiger partial charge in [-0.2, -0.15) is 0 Å². The van der Waals surface area contributed by atoms with E-state index in [4.69, 9.17) is 0 Å². The van der Waals surface area contributed by atoms with Crippen LogP contribution in [0.2, 0.25) is 0 Å². The highest BCUT2D eigenvalue weighted by atomic mass is 127. The summed E-state index contributed by atoms with van der Waals surface area (Å²) in [6.07, 6.45) is 1.95. The largest absolute Gasteiger partial charge is 0.356 e. The molecule has 1 N–H and O–H groups in total. The summed E-state index contributed by atoms with van der Waals surface area (Å²) in [5.41, 5.74) is 0.751. The second kappa shape index (κ2) is 9.33. The van der Waals surface area contributed by atoms with Crippen LogP contribution < -0.4 is 5.32 Å². The maximum absolute atomic E-state index is 13.6. The minimum Gasteiger partial charge on any atom is -0.356 e. The Morgan fingerprint density at radius 1 is 1.27 bits per heavy atom.